The van der Waals surface area contributed by atoms with Gasteiger partial charge in [-0.05, 0) is 114 Å². The van der Waals surface area contributed by atoms with E-state index in [1.165, 1.54) is 20.1 Å². The van der Waals surface area contributed by atoms with Gasteiger partial charge in [0.1, 0.15) is 23.1 Å². The molecular formula is C52H63Cl2F3N6O6. The molecule has 2 bridgehead atoms. The van der Waals surface area contributed by atoms with Crippen molar-refractivity contribution >= 4 is 46.7 Å². The maximum Gasteiger partial charge on any atom is 0.248 e. The molecule has 17 heteroatoms. The Morgan fingerprint density at radius 2 is 1.61 bits per heavy atom. The number of rotatable bonds is 12. The summed E-state index contributed by atoms with van der Waals surface area (Å²) in [6.07, 6.45) is 1.10. The third-order valence-corrected chi connectivity index (χ3v) is 15.1. The number of halogens is 5. The van der Waals surface area contributed by atoms with Crippen LogP contribution >= 0.6 is 23.2 Å². The van der Waals surface area contributed by atoms with Gasteiger partial charge in [0.25, 0.3) is 0 Å². The number of alkyl halides is 2. The van der Waals surface area contributed by atoms with Crippen molar-refractivity contribution in [3.63, 3.8) is 0 Å². The molecule has 4 atom stereocenters. The van der Waals surface area contributed by atoms with Crippen LogP contribution in [0.25, 0.3) is 11.3 Å². The molecule has 69 heavy (non-hydrogen) atoms. The molecule has 1 saturated carbocycles. The summed E-state index contributed by atoms with van der Waals surface area (Å²) in [5, 5.41) is 0.541. The highest BCUT2D eigenvalue weighted by molar-refractivity contribution is 6.31. The van der Waals surface area contributed by atoms with Crippen molar-refractivity contribution in [2.45, 2.75) is 109 Å². The number of imidazole rings is 1. The summed E-state index contributed by atoms with van der Waals surface area (Å²) in [5.74, 6) is -7.79. The van der Waals surface area contributed by atoms with E-state index in [1.54, 1.807) is 47.3 Å². The van der Waals surface area contributed by atoms with Gasteiger partial charge in [0.2, 0.25) is 23.6 Å². The van der Waals surface area contributed by atoms with E-state index in [4.69, 9.17) is 32.7 Å². The fourth-order valence-corrected chi connectivity index (χ4v) is 10.2. The number of amides is 3. The molecule has 0 radical (unpaired) electrons. The fraction of sp³-hybridized carbons (Fsp3) is 0.519. The molecule has 2 saturated heterocycles. The molecule has 0 N–H and O–H groups in total. The van der Waals surface area contributed by atoms with Crippen LogP contribution in [0.5, 0.6) is 11.5 Å². The molecule has 3 aliphatic rings. The van der Waals surface area contributed by atoms with E-state index in [0.717, 1.165) is 33.6 Å². The molecule has 3 heterocycles. The number of methoxy groups -OCH3 is 1. The highest BCUT2D eigenvalue weighted by atomic mass is 35.5. The van der Waals surface area contributed by atoms with E-state index in [-0.39, 0.29) is 48.0 Å². The van der Waals surface area contributed by atoms with Crippen LogP contribution in [0.1, 0.15) is 83.2 Å². The first-order valence-electron chi connectivity index (χ1n) is 23.5. The maximum absolute atomic E-state index is 16.4. The molecule has 0 unspecified atom stereocenters. The van der Waals surface area contributed by atoms with Gasteiger partial charge in [0.05, 0.1) is 55.0 Å². The average molecular weight is 996 g/mol. The molecule has 1 aliphatic carbocycles. The number of hydrogen-bond donors (Lipinski definition) is 0. The van der Waals surface area contributed by atoms with E-state index in [1.807, 2.05) is 42.9 Å². The van der Waals surface area contributed by atoms with E-state index in [9.17, 15) is 28.0 Å². The Kier molecular flexibility index (Phi) is 15.6. The minimum atomic E-state index is -3.01. The number of hydrogen-bond acceptors (Lipinski definition) is 8. The first-order valence-corrected chi connectivity index (χ1v) is 24.2. The third-order valence-electron chi connectivity index (χ3n) is 14.6. The van der Waals surface area contributed by atoms with Gasteiger partial charge >= 0.3 is 0 Å². The highest BCUT2D eigenvalue weighted by Gasteiger charge is 2.53. The maximum atomic E-state index is 16.4. The second kappa shape index (κ2) is 20.8. The van der Waals surface area contributed by atoms with Gasteiger partial charge < -0.3 is 28.7 Å². The second-order valence-corrected chi connectivity index (χ2v) is 21.2. The molecule has 4 aromatic rings. The summed E-state index contributed by atoms with van der Waals surface area (Å²) in [4.78, 5) is 70.3. The molecule has 3 amide bonds. The van der Waals surface area contributed by atoms with Gasteiger partial charge in [0.15, 0.2) is 5.78 Å². The van der Waals surface area contributed by atoms with E-state index in [0.29, 0.717) is 36.6 Å². The lowest BCUT2D eigenvalue weighted by atomic mass is 9.70. The molecule has 12 nitrogen and oxygen atoms in total. The Morgan fingerprint density at radius 1 is 0.928 bits per heavy atom. The summed E-state index contributed by atoms with van der Waals surface area (Å²) >= 11 is 12.6. The second-order valence-electron chi connectivity index (χ2n) is 20.3. The van der Waals surface area contributed by atoms with Crippen molar-refractivity contribution in [3.8, 4) is 22.8 Å². The number of carbonyl (C=O) groups excluding carboxylic acids is 4. The number of Topliss-reactive ketones (excluding diaryl/α,β-unsaturated/α-hetero) is 1. The number of ether oxygens (including phenoxy) is 2. The molecule has 372 valence electrons. The third kappa shape index (κ3) is 11.6. The predicted molar refractivity (Wildman–Crippen MR) is 259 cm³/mol. The highest BCUT2D eigenvalue weighted by Crippen LogP contribution is 2.48. The van der Waals surface area contributed by atoms with Gasteiger partial charge in [-0.25, -0.2) is 18.2 Å². The van der Waals surface area contributed by atoms with Crippen molar-refractivity contribution in [2.75, 3.05) is 40.9 Å². The van der Waals surface area contributed by atoms with Crippen LogP contribution in [0.4, 0.5) is 13.2 Å². The lowest BCUT2D eigenvalue weighted by Gasteiger charge is -2.51. The normalized spacial score (nSPS) is 23.1. The first-order chi connectivity index (χ1) is 32.5. The Labute approximate surface area is 413 Å². The Hall–Kier alpha value is -4.96. The SMILES string of the molecule is COC[C@@H]1CC(=O)[C@H](C)N(Cc2c(F)cc(Cl)cc2Oc2ccc(-c3cnc(CN(C)C(C)(C)C)n3C)cc2)C(=O)C[C@@H](C2CC(F)(F)C2)C(=O)N2CCC[C@@](Cc3ccc(Cl)cc3)(C2)N(C)C1=O. The van der Waals surface area contributed by atoms with Crippen molar-refractivity contribution < 1.29 is 41.8 Å². The molecule has 3 fully saturated rings. The Balaban J connectivity index is 1.22. The van der Waals surface area contributed by atoms with E-state index in [2.05, 4.69) is 30.7 Å². The number of aromatic nitrogens is 2. The predicted octanol–water partition coefficient (Wildman–Crippen LogP) is 9.62. The van der Waals surface area contributed by atoms with Gasteiger partial charge in [-0.15, -0.1) is 0 Å². The Morgan fingerprint density at radius 3 is 2.25 bits per heavy atom. The quantitative estimate of drug-likeness (QED) is 0.138. The van der Waals surface area contributed by atoms with Crippen LogP contribution in [0.2, 0.25) is 10.0 Å². The number of nitrogens with zero attached hydrogens (tertiary/aromatic N) is 6. The number of fused-ring (bicyclic) bond motifs is 2. The van der Waals surface area contributed by atoms with Crippen LogP contribution in [0.15, 0.2) is 66.9 Å². The molecule has 7 rings (SSSR count). The summed E-state index contributed by atoms with van der Waals surface area (Å²) in [7, 11) is 7.08. The largest absolute Gasteiger partial charge is 0.457 e. The van der Waals surface area contributed by atoms with Crippen molar-refractivity contribution in [3.05, 3.63) is 99.7 Å². The lowest BCUT2D eigenvalue weighted by Crippen LogP contribution is -2.63. The topological polar surface area (TPSA) is 118 Å². The summed E-state index contributed by atoms with van der Waals surface area (Å²) in [6, 6.07) is 15.5. The molecular weight excluding hydrogens is 933 g/mol. The van der Waals surface area contributed by atoms with Gasteiger partial charge in [-0.2, -0.15) is 0 Å². The lowest BCUT2D eigenvalue weighted by molar-refractivity contribution is -0.164. The number of benzene rings is 3. The van der Waals surface area contributed by atoms with Crippen LogP contribution in [-0.4, -0.2) is 117 Å². The number of carbonyl (C=O) groups is 4. The number of ketones is 1. The van der Waals surface area contributed by atoms with Crippen LogP contribution in [0.3, 0.4) is 0 Å². The fourth-order valence-electron chi connectivity index (χ4n) is 9.89. The average Bonchev–Trinajstić information content (AvgIpc) is 3.65. The molecule has 0 spiro atoms. The Bertz CT molecular complexity index is 2530. The summed E-state index contributed by atoms with van der Waals surface area (Å²) < 4.78 is 59.5. The first kappa shape index (κ1) is 51.9. The molecule has 2 aliphatic heterocycles. The van der Waals surface area contributed by atoms with Crippen molar-refractivity contribution in [1.82, 2.24) is 29.2 Å². The van der Waals surface area contributed by atoms with Gasteiger partial charge in [0, 0.05) is 86.7 Å². The monoisotopic (exact) mass is 994 g/mol. The summed E-state index contributed by atoms with van der Waals surface area (Å²) in [6.45, 7) is 8.23. The van der Waals surface area contributed by atoms with Gasteiger partial charge in [-0.1, -0.05) is 35.3 Å². The minimum absolute atomic E-state index is 0.0113. The zero-order valence-corrected chi connectivity index (χ0v) is 42.2. The number of likely N-dealkylation sites (N-methyl/N-ethyl adjacent to an activating group) is 1. The van der Waals surface area contributed by atoms with Crippen molar-refractivity contribution in [1.29, 1.82) is 0 Å². The minimum Gasteiger partial charge on any atom is -0.457 e. The smallest absolute Gasteiger partial charge is 0.248 e. The summed E-state index contributed by atoms with van der Waals surface area (Å²) in [5.41, 5.74) is 1.46. The van der Waals surface area contributed by atoms with Crippen molar-refractivity contribution in [2.24, 2.45) is 24.8 Å². The van der Waals surface area contributed by atoms with Crippen LogP contribution in [0, 0.1) is 23.6 Å². The molecule has 1 aromatic heterocycles. The number of piperidine rings is 1. The van der Waals surface area contributed by atoms with E-state index < -0.39 is 90.4 Å². The zero-order chi connectivity index (χ0) is 50.2. The van der Waals surface area contributed by atoms with Gasteiger partial charge in [-0.3, -0.25) is 24.1 Å². The molecule has 3 aromatic carbocycles. The van der Waals surface area contributed by atoms with Crippen LogP contribution < -0.4 is 4.74 Å². The standard InChI is InChI=1S/C52H63Cl2F3N6O6/c1-32-44(64)20-35(30-68-8)48(66)61(7)51(24-33-10-14-37(53)15-11-33)18-9-19-62(31-51)49(67)40(36-25-52(56,57)26-36)23-47(65)63(32)28-41-42(55)21-38(54)22-45(41)69-39-16-12-34(13-17-39)43-27-58-46(60(43)6)29-59(5)50(2,3)4/h10-17,21-22,27,32,35-36,40H,9,18-20,23-26,28-31H2,1-8H3/t32-,35-,40-,51+/m0/s1. The zero-order valence-electron chi connectivity index (χ0n) is 40.7. The van der Waals surface area contributed by atoms with Crippen LogP contribution in [-0.2, 0) is 50.5 Å². The van der Waals surface area contributed by atoms with E-state index >= 15 is 4.39 Å².